The predicted octanol–water partition coefficient (Wildman–Crippen LogP) is 2.87. The van der Waals surface area contributed by atoms with Gasteiger partial charge < -0.3 is 4.74 Å². The molecule has 0 aromatic heterocycles. The fourth-order valence-electron chi connectivity index (χ4n) is 4.09. The van der Waals surface area contributed by atoms with E-state index in [-0.39, 0.29) is 11.9 Å². The Hall–Kier alpha value is -3.02. The molecule has 0 saturated heterocycles. The van der Waals surface area contributed by atoms with Crippen molar-refractivity contribution in [3.63, 3.8) is 0 Å². The van der Waals surface area contributed by atoms with E-state index in [1.807, 2.05) is 35.2 Å². The molecule has 30 heavy (non-hydrogen) atoms. The molecule has 0 bridgehead atoms. The van der Waals surface area contributed by atoms with Gasteiger partial charge in [-0.1, -0.05) is 30.3 Å². The van der Waals surface area contributed by atoms with E-state index in [9.17, 15) is 9.90 Å². The maximum absolute atomic E-state index is 12.4. The molecule has 2 aromatic carbocycles. The Morgan fingerprint density at radius 1 is 0.967 bits per heavy atom. The third kappa shape index (κ3) is 4.75. The second-order valence-electron chi connectivity index (χ2n) is 7.85. The maximum atomic E-state index is 12.4. The molecule has 2 aromatic rings. The van der Waals surface area contributed by atoms with Crippen LogP contribution in [0.2, 0.25) is 0 Å². The van der Waals surface area contributed by atoms with Crippen LogP contribution in [-0.4, -0.2) is 60.4 Å². The zero-order chi connectivity index (χ0) is 20.9. The average molecular weight is 402 g/mol. The fraction of sp³-hybridized carbons (Fsp3) is 0.333. The van der Waals surface area contributed by atoms with E-state index in [2.05, 4.69) is 31.8 Å². The Morgan fingerprint density at radius 2 is 1.70 bits per heavy atom. The summed E-state index contributed by atoms with van der Waals surface area (Å²) in [5, 5.41) is 9.69. The van der Waals surface area contributed by atoms with Gasteiger partial charge >= 0.3 is 126 Å². The van der Waals surface area contributed by atoms with Crippen molar-refractivity contribution in [3.05, 3.63) is 76.9 Å². The van der Waals surface area contributed by atoms with E-state index in [0.29, 0.717) is 19.7 Å². The summed E-state index contributed by atoms with van der Waals surface area (Å²) in [5.74, 6) is 0.150. The van der Waals surface area contributed by atoms with Crippen molar-refractivity contribution in [3.8, 4) is 0 Å². The quantitative estimate of drug-likeness (QED) is 0.800. The Balaban J connectivity index is 1.37. The standard InChI is InChI=1S/C24H27BN2O3/c25-23(28)26-12-8-19-6-7-21(16-22(19)11-13-26)20-9-14-27(15-10-20)24(29)30-17-18-4-2-1-3-5-18/h1-7,9,16,25,28H,8,10-15,17H2. The molecule has 6 heteroatoms. The topological polar surface area (TPSA) is 53.0 Å². The summed E-state index contributed by atoms with van der Waals surface area (Å²) in [6, 6.07) is 16.4. The molecule has 0 atom stereocenters. The van der Waals surface area contributed by atoms with Crippen LogP contribution in [0.5, 0.6) is 0 Å². The number of ether oxygens (including phenoxy) is 1. The van der Waals surface area contributed by atoms with Crippen molar-refractivity contribution in [2.24, 2.45) is 0 Å². The number of hydrogen-bond acceptors (Lipinski definition) is 4. The minimum atomic E-state index is -0.264. The number of carbonyl (C=O) groups is 1. The first kappa shape index (κ1) is 20.3. The number of amides is 1. The molecular formula is C24H27BN2O3. The van der Waals surface area contributed by atoms with Crippen LogP contribution in [0, 0.1) is 0 Å². The van der Waals surface area contributed by atoms with Gasteiger partial charge in [-0.3, -0.25) is 0 Å². The van der Waals surface area contributed by atoms with Crippen molar-refractivity contribution in [2.75, 3.05) is 26.2 Å². The van der Waals surface area contributed by atoms with Gasteiger partial charge in [-0.15, -0.1) is 0 Å². The van der Waals surface area contributed by atoms with Crippen molar-refractivity contribution < 1.29 is 14.6 Å². The van der Waals surface area contributed by atoms with Gasteiger partial charge in [0.1, 0.15) is 6.61 Å². The van der Waals surface area contributed by atoms with Gasteiger partial charge in [0.25, 0.3) is 0 Å². The van der Waals surface area contributed by atoms with E-state index in [4.69, 9.17) is 4.74 Å². The molecule has 0 aliphatic carbocycles. The van der Waals surface area contributed by atoms with E-state index < -0.39 is 0 Å². The minimum absolute atomic E-state index is 0.150. The van der Waals surface area contributed by atoms with Crippen LogP contribution in [0.4, 0.5) is 4.79 Å². The third-order valence-corrected chi connectivity index (χ3v) is 5.92. The number of nitrogens with zero attached hydrogens (tertiary/aromatic N) is 2. The Kier molecular flexibility index (Phi) is 6.22. The number of carbonyl (C=O) groups excluding carboxylic acids is 1. The summed E-state index contributed by atoms with van der Waals surface area (Å²) in [6.45, 7) is 3.11. The van der Waals surface area contributed by atoms with Crippen LogP contribution < -0.4 is 0 Å². The molecular weight excluding hydrogens is 375 g/mol. The van der Waals surface area contributed by atoms with Crippen molar-refractivity contribution in [2.45, 2.75) is 25.9 Å². The third-order valence-electron chi connectivity index (χ3n) is 5.92. The number of aliphatic hydroxyl groups is 1. The van der Waals surface area contributed by atoms with Crippen LogP contribution in [0.1, 0.15) is 28.7 Å². The number of fused-ring (bicyclic) bond motifs is 1. The molecule has 0 unspecified atom stereocenters. The van der Waals surface area contributed by atoms with E-state index in [1.165, 1.54) is 22.3 Å². The van der Waals surface area contributed by atoms with E-state index >= 15 is 0 Å². The number of aliphatic hydroxyl groups excluding tert-OH is 1. The molecule has 1 N–H and O–H groups in total. The van der Waals surface area contributed by atoms with Gasteiger partial charge in [0.05, 0.1) is 0 Å². The Labute approximate surface area is 178 Å². The fourth-order valence-corrected chi connectivity index (χ4v) is 4.09. The molecule has 4 rings (SSSR count). The SMILES string of the molecule is B=C(O)N1CCc2ccc(C3=CCN(C(=O)OCc4ccccc4)CC3)cc2CC1. The van der Waals surface area contributed by atoms with Crippen LogP contribution in [0.15, 0.2) is 54.6 Å². The van der Waals surface area contributed by atoms with E-state index in [0.717, 1.165) is 37.9 Å². The van der Waals surface area contributed by atoms with Crippen molar-refractivity contribution in [1.29, 1.82) is 0 Å². The Bertz CT molecular complexity index is 958. The van der Waals surface area contributed by atoms with Crippen LogP contribution in [0.3, 0.4) is 0 Å². The normalized spacial score (nSPS) is 16.3. The van der Waals surface area contributed by atoms with Gasteiger partial charge in [-0.2, -0.15) is 0 Å². The van der Waals surface area contributed by atoms with Crippen LogP contribution >= 0.6 is 0 Å². The molecule has 154 valence electrons. The molecule has 0 spiro atoms. The molecule has 0 radical (unpaired) electrons. The average Bonchev–Trinajstić information content (AvgIpc) is 3.00. The number of rotatable bonds is 4. The van der Waals surface area contributed by atoms with Gasteiger partial charge in [-0.05, 0) is 5.56 Å². The van der Waals surface area contributed by atoms with Gasteiger partial charge in [-0.25, -0.2) is 4.79 Å². The number of hydrogen-bond donors (Lipinski definition) is 1. The Morgan fingerprint density at radius 3 is 2.40 bits per heavy atom. The molecule has 1 amide bonds. The second-order valence-corrected chi connectivity index (χ2v) is 7.85. The molecule has 0 fully saturated rings. The predicted molar refractivity (Wildman–Crippen MR) is 120 cm³/mol. The molecule has 2 aliphatic heterocycles. The van der Waals surface area contributed by atoms with Gasteiger partial charge in [0.2, 0.25) is 0 Å². The van der Waals surface area contributed by atoms with Gasteiger partial charge in [0, 0.05) is 0 Å². The molecule has 2 heterocycles. The van der Waals surface area contributed by atoms with Crippen molar-refractivity contribution >= 4 is 24.9 Å². The van der Waals surface area contributed by atoms with Crippen LogP contribution in [-0.2, 0) is 24.2 Å². The summed E-state index contributed by atoms with van der Waals surface area (Å²) in [5.41, 5.74) is 6.17. The molecule has 0 saturated carbocycles. The first-order valence-corrected chi connectivity index (χ1v) is 10.5. The summed E-state index contributed by atoms with van der Waals surface area (Å²) in [7, 11) is 3.66. The van der Waals surface area contributed by atoms with Crippen LogP contribution in [0.25, 0.3) is 5.57 Å². The number of benzene rings is 2. The molecule has 5 nitrogen and oxygen atoms in total. The molecule has 2 aliphatic rings. The summed E-state index contributed by atoms with van der Waals surface area (Å²) in [6.07, 6.45) is 4.50. The van der Waals surface area contributed by atoms with Gasteiger partial charge in [0.15, 0.2) is 0 Å². The summed E-state index contributed by atoms with van der Waals surface area (Å²) >= 11 is 0. The first-order chi connectivity index (χ1) is 14.6. The second kappa shape index (κ2) is 9.20. The zero-order valence-electron chi connectivity index (χ0n) is 17.2. The first-order valence-electron chi connectivity index (χ1n) is 10.5. The van der Waals surface area contributed by atoms with E-state index in [1.54, 1.807) is 4.90 Å². The van der Waals surface area contributed by atoms with Crippen molar-refractivity contribution in [1.82, 2.24) is 9.80 Å². The zero-order valence-corrected chi connectivity index (χ0v) is 17.2. The summed E-state index contributed by atoms with van der Waals surface area (Å²) in [4.78, 5) is 16.1. The summed E-state index contributed by atoms with van der Waals surface area (Å²) < 4.78 is 5.45. The monoisotopic (exact) mass is 402 g/mol.